The summed E-state index contributed by atoms with van der Waals surface area (Å²) in [6.07, 6.45) is -35.5. The van der Waals surface area contributed by atoms with Crippen molar-refractivity contribution in [3.05, 3.63) is 0 Å². The fourth-order valence-electron chi connectivity index (χ4n) is 7.18. The molecule has 26 heteroatoms. The number of nitrogens with one attached hydrogen (secondary N) is 2. The summed E-state index contributed by atoms with van der Waals surface area (Å²) in [5, 5.41) is 133. The molecule has 14 N–H and O–H groups in total. The van der Waals surface area contributed by atoms with E-state index in [-0.39, 0.29) is 0 Å². The molecule has 4 heterocycles. The van der Waals surface area contributed by atoms with E-state index in [0.717, 1.165) is 20.8 Å². The molecule has 0 radical (unpaired) electrons. The summed E-state index contributed by atoms with van der Waals surface area (Å²) in [4.78, 5) is 48.6. The maximum Gasteiger partial charge on any atom is 0.364 e. The van der Waals surface area contributed by atoms with Gasteiger partial charge in [-0.15, -0.1) is 0 Å². The minimum atomic E-state index is -3.15. The number of ether oxygens (including phenoxy) is 8. The zero-order chi connectivity index (χ0) is 44.3. The summed E-state index contributed by atoms with van der Waals surface area (Å²) in [7, 11) is 0. The Kier molecular flexibility index (Phi) is 16.8. The number of aliphatic hydroxyl groups excluding tert-OH is 11. The van der Waals surface area contributed by atoms with Gasteiger partial charge in [0, 0.05) is 27.2 Å². The molecule has 0 aliphatic carbocycles. The fraction of sp³-hybridized carbons (Fsp3) is 0.879. The van der Waals surface area contributed by atoms with Crippen LogP contribution in [-0.2, 0) is 57.1 Å². The minimum Gasteiger partial charge on any atom is -0.477 e. The molecule has 4 aliphatic heterocycles. The van der Waals surface area contributed by atoms with Gasteiger partial charge in [-0.25, -0.2) is 4.79 Å². The maximum atomic E-state index is 13.0. The maximum absolute atomic E-state index is 13.0. The highest BCUT2D eigenvalue weighted by Crippen LogP contribution is 2.39. The number of aliphatic carboxylic acids is 1. The first-order valence-corrected chi connectivity index (χ1v) is 18.5. The number of hydrogen-bond acceptors (Lipinski definition) is 23. The summed E-state index contributed by atoms with van der Waals surface area (Å²) in [6.45, 7) is 1.46. The monoisotopic (exact) mass is 862 g/mol. The van der Waals surface area contributed by atoms with Crippen molar-refractivity contribution in [2.45, 2.75) is 162 Å². The summed E-state index contributed by atoms with van der Waals surface area (Å²) in [5.74, 6) is -7.64. The van der Waals surface area contributed by atoms with Crippen molar-refractivity contribution in [3.63, 3.8) is 0 Å². The normalized spacial score (nSPS) is 43.8. The third-order valence-corrected chi connectivity index (χ3v) is 10.2. The van der Waals surface area contributed by atoms with Gasteiger partial charge in [-0.2, -0.15) is 0 Å². The van der Waals surface area contributed by atoms with Crippen molar-refractivity contribution < 1.29 is 118 Å². The first kappa shape index (κ1) is 48.8. The Morgan fingerprint density at radius 2 is 1.31 bits per heavy atom. The second kappa shape index (κ2) is 20.4. The van der Waals surface area contributed by atoms with Crippen molar-refractivity contribution in [1.29, 1.82) is 0 Å². The Morgan fingerprint density at radius 3 is 1.86 bits per heavy atom. The standard InChI is InChI=1S/C33H54N2O24/c1-9-19(43)22(46)23(47)30(53-9)57-27-18(35-11(3)39)29(49)54-16(7-37)25(27)56-31-24(48)28(21(45)15(6-36)55-31)59-33(32(50)51)5-13(41)17(34-10(2)38)26(58-33)20(44)14(42)8-52-12(4)40/h9,13-31,36-37,41-49H,5-8H2,1-4H3,(H,34,38)(H,35,39)(H,50,51)/t9-,13-,14+,15+,16+,17+,18+,19+,20+,21-,22+,23-,24+,25+,26+,27+,28-,29-,30-,31-,33-/m0/s1. The Hall–Kier alpha value is -2.84. The van der Waals surface area contributed by atoms with Crippen molar-refractivity contribution in [2.75, 3.05) is 19.8 Å². The topological polar surface area (TPSA) is 409 Å². The molecule has 26 nitrogen and oxygen atoms in total. The van der Waals surface area contributed by atoms with Gasteiger partial charge in [-0.3, -0.25) is 14.4 Å². The molecule has 0 unspecified atom stereocenters. The minimum absolute atomic E-state index is 0.774. The lowest BCUT2D eigenvalue weighted by Gasteiger charge is -2.51. The molecule has 4 rings (SSSR count). The van der Waals surface area contributed by atoms with E-state index in [1.54, 1.807) is 0 Å². The zero-order valence-electron chi connectivity index (χ0n) is 32.1. The predicted molar refractivity (Wildman–Crippen MR) is 182 cm³/mol. The predicted octanol–water partition coefficient (Wildman–Crippen LogP) is -8.66. The van der Waals surface area contributed by atoms with Crippen LogP contribution in [0.1, 0.15) is 34.1 Å². The van der Waals surface area contributed by atoms with Crippen molar-refractivity contribution in [3.8, 4) is 0 Å². The lowest BCUT2D eigenvalue weighted by molar-refractivity contribution is -0.390. The van der Waals surface area contributed by atoms with Gasteiger partial charge in [0.05, 0.1) is 31.5 Å². The summed E-state index contributed by atoms with van der Waals surface area (Å²) < 4.78 is 44.5. The van der Waals surface area contributed by atoms with Crippen LogP contribution in [0.5, 0.6) is 0 Å². The molecular formula is C33H54N2O24. The Bertz CT molecular complexity index is 1450. The van der Waals surface area contributed by atoms with E-state index in [1.807, 2.05) is 0 Å². The van der Waals surface area contributed by atoms with Crippen LogP contribution in [-0.4, -0.2) is 233 Å². The average Bonchev–Trinajstić information content (AvgIpc) is 3.16. The highest BCUT2D eigenvalue weighted by Gasteiger charge is 2.60. The molecule has 0 spiro atoms. The van der Waals surface area contributed by atoms with E-state index in [0.29, 0.717) is 0 Å². The molecule has 59 heavy (non-hydrogen) atoms. The Morgan fingerprint density at radius 1 is 0.729 bits per heavy atom. The number of carboxylic acids is 1. The number of rotatable bonds is 15. The Labute approximate surface area is 335 Å². The quantitative estimate of drug-likeness (QED) is 0.0680. The van der Waals surface area contributed by atoms with Crippen LogP contribution in [0.2, 0.25) is 0 Å². The van der Waals surface area contributed by atoms with E-state index in [2.05, 4.69) is 10.6 Å². The third-order valence-electron chi connectivity index (χ3n) is 10.2. The van der Waals surface area contributed by atoms with E-state index in [9.17, 15) is 80.5 Å². The van der Waals surface area contributed by atoms with Gasteiger partial charge in [-0.1, -0.05) is 0 Å². The summed E-state index contributed by atoms with van der Waals surface area (Å²) >= 11 is 0. The molecule has 0 bridgehead atoms. The van der Waals surface area contributed by atoms with Crippen molar-refractivity contribution in [2.24, 2.45) is 0 Å². The van der Waals surface area contributed by atoms with Gasteiger partial charge in [0.25, 0.3) is 5.79 Å². The van der Waals surface area contributed by atoms with Crippen LogP contribution in [0.25, 0.3) is 0 Å². The van der Waals surface area contributed by atoms with E-state index < -0.39 is 178 Å². The van der Waals surface area contributed by atoms with Crippen LogP contribution < -0.4 is 10.6 Å². The lowest BCUT2D eigenvalue weighted by Crippen LogP contribution is -2.71. The van der Waals surface area contributed by atoms with Crippen LogP contribution in [0.3, 0.4) is 0 Å². The van der Waals surface area contributed by atoms with Crippen LogP contribution in [0.15, 0.2) is 0 Å². The van der Waals surface area contributed by atoms with Crippen LogP contribution >= 0.6 is 0 Å². The molecule has 4 fully saturated rings. The highest BCUT2D eigenvalue weighted by atomic mass is 16.8. The Balaban J connectivity index is 1.70. The molecular weight excluding hydrogens is 808 g/mol. The molecule has 0 saturated carbocycles. The summed E-state index contributed by atoms with van der Waals surface area (Å²) in [6, 6.07) is -3.27. The van der Waals surface area contributed by atoms with Gasteiger partial charge in [0.1, 0.15) is 92.0 Å². The molecule has 4 saturated heterocycles. The fourth-order valence-corrected chi connectivity index (χ4v) is 7.18. The van der Waals surface area contributed by atoms with E-state index >= 15 is 0 Å². The zero-order valence-corrected chi connectivity index (χ0v) is 32.1. The second-order valence-corrected chi connectivity index (χ2v) is 14.6. The molecule has 4 aliphatic rings. The molecule has 340 valence electrons. The number of carbonyl (C=O) groups excluding carboxylic acids is 3. The smallest absolute Gasteiger partial charge is 0.364 e. The molecule has 21 atom stereocenters. The van der Waals surface area contributed by atoms with E-state index in [4.69, 9.17) is 37.9 Å². The largest absolute Gasteiger partial charge is 0.477 e. The van der Waals surface area contributed by atoms with Crippen molar-refractivity contribution in [1.82, 2.24) is 10.6 Å². The van der Waals surface area contributed by atoms with E-state index in [1.165, 1.54) is 6.92 Å². The molecule has 2 amide bonds. The second-order valence-electron chi connectivity index (χ2n) is 14.6. The number of carbonyl (C=O) groups is 4. The van der Waals surface area contributed by atoms with Crippen molar-refractivity contribution >= 4 is 23.8 Å². The number of hydrogen-bond donors (Lipinski definition) is 14. The highest BCUT2D eigenvalue weighted by molar-refractivity contribution is 5.76. The first-order valence-electron chi connectivity index (χ1n) is 18.5. The molecule has 0 aromatic carbocycles. The summed E-state index contributed by atoms with van der Waals surface area (Å²) in [5.41, 5.74) is 0. The average molecular weight is 863 g/mol. The van der Waals surface area contributed by atoms with Crippen LogP contribution in [0.4, 0.5) is 0 Å². The first-order chi connectivity index (χ1) is 27.6. The molecule has 0 aromatic rings. The number of esters is 1. The lowest BCUT2D eigenvalue weighted by atomic mass is 9.88. The SMILES string of the molecule is CC(=O)N[C@@H]1[C@@H](O[C@@H]2O[C@@H](C)[C@@H](O)[C@@H](O)[C@@H]2O)[C@H](O[C@@H]2O[C@H](CO)[C@H](O)[C@H](O[C@]3(C(=O)O)C[C@H](O)[C@@H](NC(C)=O)[C@H]([C@H](O)[C@H](O)COC(C)=O)O3)[C@H]2O)[C@@H](CO)O[C@@H]1O. The van der Waals surface area contributed by atoms with Gasteiger partial charge in [0.2, 0.25) is 11.8 Å². The van der Waals surface area contributed by atoms with Gasteiger partial charge < -0.3 is 110 Å². The number of carboxylic acid groups (broad SMARTS) is 1. The molecule has 0 aromatic heterocycles. The number of amides is 2. The van der Waals surface area contributed by atoms with Gasteiger partial charge in [-0.05, 0) is 6.92 Å². The number of aliphatic hydroxyl groups is 11. The van der Waals surface area contributed by atoms with Gasteiger partial charge >= 0.3 is 11.9 Å². The van der Waals surface area contributed by atoms with Crippen LogP contribution in [0, 0.1) is 0 Å². The third kappa shape index (κ3) is 11.0. The van der Waals surface area contributed by atoms with Gasteiger partial charge in [0.15, 0.2) is 18.9 Å².